The molecule has 0 saturated carbocycles. The lowest BCUT2D eigenvalue weighted by Gasteiger charge is -2.19. The fourth-order valence-electron chi connectivity index (χ4n) is 4.17. The van der Waals surface area contributed by atoms with Gasteiger partial charge in [0.2, 0.25) is 0 Å². The maximum atomic E-state index is 12.0. The van der Waals surface area contributed by atoms with E-state index in [2.05, 4.69) is 0 Å². The van der Waals surface area contributed by atoms with Gasteiger partial charge >= 0.3 is 11.9 Å². The maximum Gasteiger partial charge on any atom is 0.306 e. The molecule has 0 bridgehead atoms. The Morgan fingerprint density at radius 3 is 1.27 bits per heavy atom. The van der Waals surface area contributed by atoms with Crippen LogP contribution in [-0.4, -0.2) is 81.3 Å². The quantitative estimate of drug-likeness (QED) is 0.0699. The molecule has 0 aliphatic rings. The number of carbonyl (C=O) groups excluding carboxylic acids is 2. The van der Waals surface area contributed by atoms with Crippen LogP contribution in [0.2, 0.25) is 0 Å². The van der Waals surface area contributed by atoms with Crippen LogP contribution in [-0.2, 0) is 38.1 Å². The van der Waals surface area contributed by atoms with Gasteiger partial charge in [0.15, 0.2) is 0 Å². The highest BCUT2D eigenvalue weighted by molar-refractivity contribution is 5.78. The zero-order chi connectivity index (χ0) is 30.4. The van der Waals surface area contributed by atoms with Crippen LogP contribution in [0.3, 0.4) is 0 Å². The van der Waals surface area contributed by atoms with Gasteiger partial charge in [-0.1, -0.05) is 64.2 Å². The van der Waals surface area contributed by atoms with E-state index in [4.69, 9.17) is 28.8 Å². The number of carboxylic acid groups (broad SMARTS) is 1. The molecular weight excluding hydrogens is 528 g/mol. The number of hydrogen-bond acceptors (Lipinski definition) is 8. The molecule has 41 heavy (non-hydrogen) atoms. The first-order valence-corrected chi connectivity index (χ1v) is 16.0. The summed E-state index contributed by atoms with van der Waals surface area (Å²) in [5.74, 6) is -0.617. The normalized spacial score (nSPS) is 11.6. The number of rotatable bonds is 31. The van der Waals surface area contributed by atoms with Crippen LogP contribution < -0.4 is 0 Å². The summed E-state index contributed by atoms with van der Waals surface area (Å²) in [5.41, 5.74) is -0.382. The highest BCUT2D eigenvalue weighted by Gasteiger charge is 2.15. The van der Waals surface area contributed by atoms with Gasteiger partial charge in [-0.05, 0) is 40.0 Å². The molecule has 0 amide bonds. The predicted molar refractivity (Wildman–Crippen MR) is 160 cm³/mol. The molecule has 0 aromatic heterocycles. The molecule has 0 aliphatic carbocycles. The Bertz CT molecular complexity index is 631. The molecule has 0 atom stereocenters. The van der Waals surface area contributed by atoms with Crippen LogP contribution in [0.1, 0.15) is 130 Å². The molecule has 0 fully saturated rings. The van der Waals surface area contributed by atoms with E-state index in [-0.39, 0.29) is 24.6 Å². The lowest BCUT2D eigenvalue weighted by atomic mass is 10.0. The van der Waals surface area contributed by atoms with Crippen LogP contribution in [0.4, 0.5) is 0 Å². The number of hydrogen-bond donors (Lipinski definition) is 1. The first-order chi connectivity index (χ1) is 19.7. The minimum Gasteiger partial charge on any atom is -0.481 e. The Labute approximate surface area is 249 Å². The largest absolute Gasteiger partial charge is 0.481 e. The smallest absolute Gasteiger partial charge is 0.306 e. The van der Waals surface area contributed by atoms with Crippen molar-refractivity contribution in [1.82, 2.24) is 0 Å². The van der Waals surface area contributed by atoms with Crippen molar-refractivity contribution in [2.45, 2.75) is 136 Å². The van der Waals surface area contributed by atoms with E-state index in [1.807, 2.05) is 20.8 Å². The SMILES string of the molecule is CC(C)(C)OC(=O)CCCCCCCCCCCCCCC(=O)CCCOCCOCCOCCOCCC(=O)O. The van der Waals surface area contributed by atoms with Crippen molar-refractivity contribution in [2.24, 2.45) is 0 Å². The molecule has 0 aliphatic heterocycles. The number of unbranched alkanes of at least 4 members (excludes halogenated alkanes) is 11. The van der Waals surface area contributed by atoms with Crippen LogP contribution >= 0.6 is 0 Å². The lowest BCUT2D eigenvalue weighted by Crippen LogP contribution is -2.23. The van der Waals surface area contributed by atoms with Crippen molar-refractivity contribution in [3.63, 3.8) is 0 Å². The van der Waals surface area contributed by atoms with E-state index >= 15 is 0 Å². The third-order valence-electron chi connectivity index (χ3n) is 6.33. The Morgan fingerprint density at radius 2 is 0.829 bits per heavy atom. The third-order valence-corrected chi connectivity index (χ3v) is 6.33. The van der Waals surface area contributed by atoms with Gasteiger partial charge in [0.25, 0.3) is 0 Å². The van der Waals surface area contributed by atoms with E-state index in [0.717, 1.165) is 32.1 Å². The summed E-state index contributed by atoms with van der Waals surface area (Å²) < 4.78 is 26.7. The van der Waals surface area contributed by atoms with Crippen molar-refractivity contribution >= 4 is 17.7 Å². The zero-order valence-electron chi connectivity index (χ0n) is 26.4. The van der Waals surface area contributed by atoms with Crippen LogP contribution in [0.15, 0.2) is 0 Å². The number of carboxylic acids is 1. The average molecular weight is 589 g/mol. The molecule has 0 aromatic rings. The van der Waals surface area contributed by atoms with Crippen molar-refractivity contribution in [3.05, 3.63) is 0 Å². The molecule has 0 rings (SSSR count). The molecule has 0 heterocycles. The molecule has 9 heteroatoms. The molecule has 0 aromatic carbocycles. The van der Waals surface area contributed by atoms with Crippen molar-refractivity contribution in [3.8, 4) is 0 Å². The number of carbonyl (C=O) groups is 3. The predicted octanol–water partition coefficient (Wildman–Crippen LogP) is 6.68. The average Bonchev–Trinajstić information content (AvgIpc) is 2.89. The number of ether oxygens (including phenoxy) is 5. The number of Topliss-reactive ketones (excluding diaryl/α,β-unsaturated/α-hetero) is 1. The van der Waals surface area contributed by atoms with Gasteiger partial charge in [0, 0.05) is 25.9 Å². The number of esters is 1. The van der Waals surface area contributed by atoms with E-state index in [1.165, 1.54) is 51.4 Å². The van der Waals surface area contributed by atoms with Gasteiger partial charge < -0.3 is 28.8 Å². The summed E-state index contributed by atoms with van der Waals surface area (Å²) >= 11 is 0. The van der Waals surface area contributed by atoms with Gasteiger partial charge in [0.05, 0.1) is 52.7 Å². The molecule has 0 saturated heterocycles. The lowest BCUT2D eigenvalue weighted by molar-refractivity contribution is -0.155. The van der Waals surface area contributed by atoms with E-state index in [9.17, 15) is 14.4 Å². The molecule has 0 spiro atoms. The van der Waals surface area contributed by atoms with E-state index in [1.54, 1.807) is 0 Å². The van der Waals surface area contributed by atoms with Gasteiger partial charge in [-0.25, -0.2) is 0 Å². The highest BCUT2D eigenvalue weighted by atomic mass is 16.6. The molecule has 242 valence electrons. The maximum absolute atomic E-state index is 12.0. The second-order valence-corrected chi connectivity index (χ2v) is 11.6. The first-order valence-electron chi connectivity index (χ1n) is 16.0. The van der Waals surface area contributed by atoms with Crippen molar-refractivity contribution in [2.75, 3.05) is 52.9 Å². The highest BCUT2D eigenvalue weighted by Crippen LogP contribution is 2.14. The summed E-state index contributed by atoms with van der Waals surface area (Å²) in [6, 6.07) is 0. The van der Waals surface area contributed by atoms with Gasteiger partial charge in [-0.2, -0.15) is 0 Å². The van der Waals surface area contributed by atoms with Gasteiger partial charge in [0.1, 0.15) is 11.4 Å². The molecular formula is C32H60O9. The summed E-state index contributed by atoms with van der Waals surface area (Å²) in [5, 5.41) is 8.49. The molecule has 1 N–H and O–H groups in total. The summed E-state index contributed by atoms with van der Waals surface area (Å²) in [6.07, 6.45) is 16.8. The second kappa shape index (κ2) is 28.6. The summed E-state index contributed by atoms with van der Waals surface area (Å²) in [6.45, 7) is 9.20. The standard InChI is InChI=1S/C32H60O9/c1-32(2,3)41-31(36)19-15-13-11-9-7-5-4-6-8-10-12-14-17-29(33)18-16-21-37-23-25-39-27-28-40-26-24-38-22-20-30(34)35/h4-28H2,1-3H3,(H,34,35). The first kappa shape index (κ1) is 39.5. The molecule has 0 unspecified atom stereocenters. The second-order valence-electron chi connectivity index (χ2n) is 11.6. The molecule has 9 nitrogen and oxygen atoms in total. The number of aliphatic carboxylic acids is 1. The summed E-state index contributed by atoms with van der Waals surface area (Å²) in [4.78, 5) is 34.0. The van der Waals surface area contributed by atoms with E-state index < -0.39 is 5.97 Å². The topological polar surface area (TPSA) is 118 Å². The monoisotopic (exact) mass is 588 g/mol. The van der Waals surface area contributed by atoms with Crippen LogP contribution in [0, 0.1) is 0 Å². The van der Waals surface area contributed by atoms with Gasteiger partial charge in [-0.3, -0.25) is 14.4 Å². The molecule has 0 radical (unpaired) electrons. The minimum absolute atomic E-state index is 0.00262. The Balaban J connectivity index is 3.23. The van der Waals surface area contributed by atoms with Crippen LogP contribution in [0.5, 0.6) is 0 Å². The Kier molecular flexibility index (Phi) is 27.5. The zero-order valence-corrected chi connectivity index (χ0v) is 26.4. The fraction of sp³-hybridized carbons (Fsp3) is 0.906. The van der Waals surface area contributed by atoms with Crippen molar-refractivity contribution < 1.29 is 43.2 Å². The fourth-order valence-corrected chi connectivity index (χ4v) is 4.17. The van der Waals surface area contributed by atoms with E-state index in [0.29, 0.717) is 71.3 Å². The number of ketones is 1. The Hall–Kier alpha value is -1.55. The summed E-state index contributed by atoms with van der Waals surface area (Å²) in [7, 11) is 0. The van der Waals surface area contributed by atoms with Gasteiger partial charge in [-0.15, -0.1) is 0 Å². The Morgan fingerprint density at radius 1 is 0.463 bits per heavy atom. The van der Waals surface area contributed by atoms with Crippen LogP contribution in [0.25, 0.3) is 0 Å². The van der Waals surface area contributed by atoms with Crippen molar-refractivity contribution in [1.29, 1.82) is 0 Å². The minimum atomic E-state index is -0.870. The third kappa shape index (κ3) is 34.6.